The van der Waals surface area contributed by atoms with Crippen LogP contribution in [0.4, 0.5) is 4.39 Å². The minimum absolute atomic E-state index is 0.0402. The van der Waals surface area contributed by atoms with Gasteiger partial charge in [0.2, 0.25) is 0 Å². The van der Waals surface area contributed by atoms with Crippen molar-refractivity contribution >= 4 is 15.5 Å². The Bertz CT molecular complexity index is 1210. The SMILES string of the molecule is O=S1(=O)CCC(O)(c2ncc(-c3cn4c5c(nc4cc3F)[C@H](O)CC5)cn2)CC1. The number of pyridine rings is 1. The second-order valence-corrected chi connectivity index (χ2v) is 10.0. The zero-order valence-corrected chi connectivity index (χ0v) is 16.2. The summed E-state index contributed by atoms with van der Waals surface area (Å²) in [6.07, 6.45) is 5.19. The molecule has 8 nitrogen and oxygen atoms in total. The van der Waals surface area contributed by atoms with Crippen LogP contribution in [0.5, 0.6) is 0 Å². The molecule has 0 saturated carbocycles. The Hall–Kier alpha value is -2.43. The predicted molar refractivity (Wildman–Crippen MR) is 101 cm³/mol. The summed E-state index contributed by atoms with van der Waals surface area (Å²) in [5.74, 6) is -0.576. The van der Waals surface area contributed by atoms with E-state index in [1.165, 1.54) is 18.5 Å². The summed E-state index contributed by atoms with van der Waals surface area (Å²) in [4.78, 5) is 12.7. The van der Waals surface area contributed by atoms with Gasteiger partial charge in [-0.2, -0.15) is 0 Å². The van der Waals surface area contributed by atoms with Crippen LogP contribution in [0.3, 0.4) is 0 Å². The molecule has 152 valence electrons. The van der Waals surface area contributed by atoms with Crippen LogP contribution < -0.4 is 0 Å². The van der Waals surface area contributed by atoms with E-state index in [1.807, 2.05) is 0 Å². The molecule has 0 radical (unpaired) electrons. The van der Waals surface area contributed by atoms with Crippen LogP contribution in [-0.2, 0) is 21.9 Å². The van der Waals surface area contributed by atoms with Crippen molar-refractivity contribution in [2.45, 2.75) is 37.4 Å². The Morgan fingerprint density at radius 2 is 1.90 bits per heavy atom. The first kappa shape index (κ1) is 18.6. The second kappa shape index (κ2) is 6.28. The molecule has 2 aliphatic rings. The third-order valence-electron chi connectivity index (χ3n) is 5.84. The number of sulfone groups is 1. The summed E-state index contributed by atoms with van der Waals surface area (Å²) >= 11 is 0. The molecule has 0 aromatic carbocycles. The van der Waals surface area contributed by atoms with E-state index in [-0.39, 0.29) is 35.7 Å². The van der Waals surface area contributed by atoms with E-state index < -0.39 is 27.4 Å². The minimum Gasteiger partial charge on any atom is -0.387 e. The molecule has 0 unspecified atom stereocenters. The van der Waals surface area contributed by atoms with Crippen LogP contribution in [-0.4, -0.2) is 49.5 Å². The molecule has 1 aliphatic carbocycles. The molecule has 0 amide bonds. The lowest BCUT2D eigenvalue weighted by atomic mass is 9.95. The quantitative estimate of drug-likeness (QED) is 0.644. The highest BCUT2D eigenvalue weighted by Crippen LogP contribution is 2.34. The summed E-state index contributed by atoms with van der Waals surface area (Å²) in [6.45, 7) is 0. The number of nitrogens with zero attached hydrogens (tertiary/aromatic N) is 4. The van der Waals surface area contributed by atoms with Crippen molar-refractivity contribution in [2.24, 2.45) is 0 Å². The smallest absolute Gasteiger partial charge is 0.160 e. The molecule has 0 spiro atoms. The molecule has 1 atom stereocenters. The molecule has 10 heteroatoms. The highest BCUT2D eigenvalue weighted by atomic mass is 32.2. The van der Waals surface area contributed by atoms with E-state index in [2.05, 4.69) is 15.0 Å². The summed E-state index contributed by atoms with van der Waals surface area (Å²) in [6, 6.07) is 1.31. The van der Waals surface area contributed by atoms with Crippen molar-refractivity contribution in [1.82, 2.24) is 19.4 Å². The van der Waals surface area contributed by atoms with E-state index in [0.717, 1.165) is 5.69 Å². The summed E-state index contributed by atoms with van der Waals surface area (Å²) in [5, 5.41) is 20.7. The lowest BCUT2D eigenvalue weighted by Gasteiger charge is -2.30. The van der Waals surface area contributed by atoms with Gasteiger partial charge in [0, 0.05) is 41.5 Å². The van der Waals surface area contributed by atoms with Crippen LogP contribution in [0.1, 0.15) is 42.6 Å². The van der Waals surface area contributed by atoms with Gasteiger partial charge in [-0.15, -0.1) is 0 Å². The number of aliphatic hydroxyl groups excluding tert-OH is 1. The number of imidazole rings is 1. The Morgan fingerprint density at radius 1 is 1.21 bits per heavy atom. The highest BCUT2D eigenvalue weighted by molar-refractivity contribution is 7.91. The average molecular weight is 418 g/mol. The third kappa shape index (κ3) is 3.02. The normalized spacial score (nSPS) is 22.7. The summed E-state index contributed by atoms with van der Waals surface area (Å²) in [5.41, 5.74) is 1.20. The Kier molecular flexibility index (Phi) is 4.03. The van der Waals surface area contributed by atoms with E-state index in [1.54, 1.807) is 10.6 Å². The van der Waals surface area contributed by atoms with Gasteiger partial charge in [0.1, 0.15) is 17.1 Å². The van der Waals surface area contributed by atoms with E-state index in [0.29, 0.717) is 29.7 Å². The maximum atomic E-state index is 14.7. The lowest BCUT2D eigenvalue weighted by Crippen LogP contribution is -2.38. The first-order chi connectivity index (χ1) is 13.8. The predicted octanol–water partition coefficient (Wildman–Crippen LogP) is 1.31. The van der Waals surface area contributed by atoms with Crippen LogP contribution in [0.15, 0.2) is 24.7 Å². The fourth-order valence-corrected chi connectivity index (χ4v) is 5.58. The van der Waals surface area contributed by atoms with Gasteiger partial charge < -0.3 is 14.6 Å². The third-order valence-corrected chi connectivity index (χ3v) is 7.49. The standard InChI is InChI=1S/C19H19FN4O4S/c20-13-7-16-23-17-14(1-2-15(17)25)24(16)10-12(13)11-8-21-18(22-9-11)19(26)3-5-29(27,28)6-4-19/h7-10,15,25-26H,1-6H2/t15-/m1/s1. The van der Waals surface area contributed by atoms with Gasteiger partial charge in [0.05, 0.1) is 23.3 Å². The van der Waals surface area contributed by atoms with Crippen molar-refractivity contribution < 1.29 is 23.0 Å². The monoisotopic (exact) mass is 418 g/mol. The van der Waals surface area contributed by atoms with Crippen LogP contribution in [0.2, 0.25) is 0 Å². The van der Waals surface area contributed by atoms with Crippen molar-refractivity contribution in [3.63, 3.8) is 0 Å². The zero-order chi connectivity index (χ0) is 20.4. The number of aromatic nitrogens is 4. The maximum absolute atomic E-state index is 14.7. The number of aliphatic hydroxyl groups is 2. The van der Waals surface area contributed by atoms with Crippen molar-refractivity contribution in [1.29, 1.82) is 0 Å². The molecule has 4 heterocycles. The first-order valence-corrected chi connectivity index (χ1v) is 11.2. The van der Waals surface area contributed by atoms with Crippen LogP contribution in [0.25, 0.3) is 16.8 Å². The van der Waals surface area contributed by atoms with Gasteiger partial charge in [-0.25, -0.2) is 27.8 Å². The lowest BCUT2D eigenvalue weighted by molar-refractivity contribution is 0.0173. The molecule has 5 rings (SSSR count). The van der Waals surface area contributed by atoms with Gasteiger partial charge in [0.15, 0.2) is 15.7 Å². The van der Waals surface area contributed by atoms with E-state index in [4.69, 9.17) is 0 Å². The molecule has 3 aromatic heterocycles. The highest BCUT2D eigenvalue weighted by Gasteiger charge is 2.39. The molecular weight excluding hydrogens is 399 g/mol. The number of fused-ring (bicyclic) bond motifs is 3. The van der Waals surface area contributed by atoms with Gasteiger partial charge in [-0.05, 0) is 25.7 Å². The topological polar surface area (TPSA) is 118 Å². The maximum Gasteiger partial charge on any atom is 0.160 e. The first-order valence-electron chi connectivity index (χ1n) is 9.40. The molecule has 0 bridgehead atoms. The molecule has 1 aliphatic heterocycles. The second-order valence-electron chi connectivity index (χ2n) is 7.74. The van der Waals surface area contributed by atoms with Crippen molar-refractivity contribution in [2.75, 3.05) is 11.5 Å². The largest absolute Gasteiger partial charge is 0.387 e. The summed E-state index contributed by atoms with van der Waals surface area (Å²) < 4.78 is 39.7. The molecule has 29 heavy (non-hydrogen) atoms. The van der Waals surface area contributed by atoms with Gasteiger partial charge >= 0.3 is 0 Å². The number of halogens is 1. The molecule has 3 aromatic rings. The van der Waals surface area contributed by atoms with E-state index >= 15 is 0 Å². The Balaban J connectivity index is 1.50. The van der Waals surface area contributed by atoms with Crippen LogP contribution in [0, 0.1) is 5.82 Å². The molecule has 1 fully saturated rings. The Labute approximate surface area is 166 Å². The zero-order valence-electron chi connectivity index (χ0n) is 15.4. The van der Waals surface area contributed by atoms with Gasteiger partial charge in [-0.1, -0.05) is 0 Å². The van der Waals surface area contributed by atoms with E-state index in [9.17, 15) is 23.0 Å². The Morgan fingerprint density at radius 3 is 2.59 bits per heavy atom. The fraction of sp³-hybridized carbons (Fsp3) is 0.421. The van der Waals surface area contributed by atoms with Crippen molar-refractivity contribution in [3.8, 4) is 11.1 Å². The molecule has 2 N–H and O–H groups in total. The number of aryl methyl sites for hydroxylation is 1. The van der Waals surface area contributed by atoms with Crippen LogP contribution >= 0.6 is 0 Å². The minimum atomic E-state index is -3.13. The number of hydrogen-bond acceptors (Lipinski definition) is 7. The molecular formula is C19H19FN4O4S. The fourth-order valence-electron chi connectivity index (χ4n) is 4.08. The number of hydrogen-bond donors (Lipinski definition) is 2. The molecule has 1 saturated heterocycles. The van der Waals surface area contributed by atoms with Gasteiger partial charge in [0.25, 0.3) is 0 Å². The summed E-state index contributed by atoms with van der Waals surface area (Å²) in [7, 11) is -3.13. The van der Waals surface area contributed by atoms with Gasteiger partial charge in [-0.3, -0.25) is 0 Å². The number of rotatable bonds is 2. The average Bonchev–Trinajstić information content (AvgIpc) is 3.23. The van der Waals surface area contributed by atoms with Crippen molar-refractivity contribution in [3.05, 3.63) is 47.7 Å².